The highest BCUT2D eigenvalue weighted by Gasteiger charge is 2.13. The number of nitrogens with zero attached hydrogens (tertiary/aromatic N) is 2. The van der Waals surface area contributed by atoms with Gasteiger partial charge in [0, 0.05) is 35.1 Å². The highest BCUT2D eigenvalue weighted by molar-refractivity contribution is 7.98. The molecule has 6 heteroatoms. The van der Waals surface area contributed by atoms with Gasteiger partial charge in [-0.25, -0.2) is 4.98 Å². The number of thioether (sulfide) groups is 1. The Bertz CT molecular complexity index is 825. The van der Waals surface area contributed by atoms with E-state index in [0.29, 0.717) is 21.3 Å². The van der Waals surface area contributed by atoms with Gasteiger partial charge in [-0.15, -0.1) is 11.8 Å². The van der Waals surface area contributed by atoms with Crippen LogP contribution in [0.2, 0.25) is 5.02 Å². The summed E-state index contributed by atoms with van der Waals surface area (Å²) in [6.07, 6.45) is 5.19. The lowest BCUT2D eigenvalue weighted by molar-refractivity contribution is 0.102. The summed E-state index contributed by atoms with van der Waals surface area (Å²) in [5.41, 5.74) is 2.37. The smallest absolute Gasteiger partial charge is 0.258 e. The quantitative estimate of drug-likeness (QED) is 0.675. The summed E-state index contributed by atoms with van der Waals surface area (Å²) in [6, 6.07) is 14.4. The van der Waals surface area contributed by atoms with Crippen LogP contribution in [0.15, 0.2) is 72.1 Å². The van der Waals surface area contributed by atoms with Crippen molar-refractivity contribution in [3.05, 3.63) is 83.3 Å². The van der Waals surface area contributed by atoms with Crippen LogP contribution >= 0.6 is 23.4 Å². The van der Waals surface area contributed by atoms with Gasteiger partial charge in [-0.2, -0.15) is 0 Å². The Labute approximate surface area is 149 Å². The molecule has 0 spiro atoms. The van der Waals surface area contributed by atoms with Crippen molar-refractivity contribution in [1.29, 1.82) is 0 Å². The predicted octanol–water partition coefficient (Wildman–Crippen LogP) is 4.67. The molecule has 1 amide bonds. The van der Waals surface area contributed by atoms with E-state index < -0.39 is 0 Å². The minimum atomic E-state index is -0.192. The maximum Gasteiger partial charge on any atom is 0.258 e. The van der Waals surface area contributed by atoms with Crippen LogP contribution in [-0.4, -0.2) is 15.9 Å². The molecule has 3 aromatic rings. The van der Waals surface area contributed by atoms with Gasteiger partial charge in [-0.1, -0.05) is 11.6 Å². The largest absolute Gasteiger partial charge is 0.322 e. The molecule has 120 valence electrons. The van der Waals surface area contributed by atoms with Crippen molar-refractivity contribution in [2.24, 2.45) is 0 Å². The molecule has 0 saturated carbocycles. The lowest BCUT2D eigenvalue weighted by Crippen LogP contribution is -2.13. The zero-order valence-electron chi connectivity index (χ0n) is 12.6. The highest BCUT2D eigenvalue weighted by atomic mass is 35.5. The van der Waals surface area contributed by atoms with Gasteiger partial charge in [0.25, 0.3) is 5.91 Å². The number of benzene rings is 1. The van der Waals surface area contributed by atoms with Crippen molar-refractivity contribution in [2.45, 2.75) is 10.8 Å². The minimum Gasteiger partial charge on any atom is -0.322 e. The predicted molar refractivity (Wildman–Crippen MR) is 97.4 cm³/mol. The summed E-state index contributed by atoms with van der Waals surface area (Å²) in [4.78, 5) is 20.9. The number of hydrogen-bond donors (Lipinski definition) is 1. The number of carbonyl (C=O) groups is 1. The summed E-state index contributed by atoms with van der Waals surface area (Å²) in [7, 11) is 0. The molecule has 4 nitrogen and oxygen atoms in total. The molecule has 0 fully saturated rings. The molecule has 0 unspecified atom stereocenters. The van der Waals surface area contributed by atoms with Gasteiger partial charge >= 0.3 is 0 Å². The van der Waals surface area contributed by atoms with Crippen LogP contribution in [0.25, 0.3) is 0 Å². The molecule has 0 saturated heterocycles. The Kier molecular flexibility index (Phi) is 5.46. The van der Waals surface area contributed by atoms with Crippen molar-refractivity contribution < 1.29 is 4.79 Å². The van der Waals surface area contributed by atoms with Gasteiger partial charge < -0.3 is 5.32 Å². The zero-order valence-corrected chi connectivity index (χ0v) is 14.2. The first-order chi connectivity index (χ1) is 11.7. The molecule has 2 aromatic heterocycles. The minimum absolute atomic E-state index is 0.192. The van der Waals surface area contributed by atoms with Crippen LogP contribution in [0.3, 0.4) is 0 Å². The summed E-state index contributed by atoms with van der Waals surface area (Å²) in [6.45, 7) is 0. The first-order valence-corrected chi connectivity index (χ1v) is 8.62. The molecular formula is C18H14ClN3OS. The highest BCUT2D eigenvalue weighted by Crippen LogP contribution is 2.25. The van der Waals surface area contributed by atoms with Crippen LogP contribution in [0.5, 0.6) is 0 Å². The SMILES string of the molecule is O=C(Nc1ccc(Cl)cc1)c1cccnc1SCc1ccncc1. The number of nitrogens with one attached hydrogen (secondary N) is 1. The second-order valence-corrected chi connectivity index (χ2v) is 6.36. The average molecular weight is 356 g/mol. The number of halogens is 1. The number of pyridine rings is 2. The molecule has 0 atom stereocenters. The van der Waals surface area contributed by atoms with Crippen LogP contribution in [-0.2, 0) is 5.75 Å². The van der Waals surface area contributed by atoms with E-state index in [9.17, 15) is 4.79 Å². The third-order valence-corrected chi connectivity index (χ3v) is 4.57. The zero-order chi connectivity index (χ0) is 16.8. The number of rotatable bonds is 5. The Morgan fingerprint density at radius 3 is 2.54 bits per heavy atom. The summed E-state index contributed by atoms with van der Waals surface area (Å²) < 4.78 is 0. The van der Waals surface area contributed by atoms with E-state index in [2.05, 4.69) is 15.3 Å². The summed E-state index contributed by atoms with van der Waals surface area (Å²) in [5.74, 6) is 0.531. The molecule has 3 rings (SSSR count). The van der Waals surface area contributed by atoms with Crippen molar-refractivity contribution in [3.8, 4) is 0 Å². The third-order valence-electron chi connectivity index (χ3n) is 3.24. The fraction of sp³-hybridized carbons (Fsp3) is 0.0556. The second-order valence-electron chi connectivity index (χ2n) is 4.96. The fourth-order valence-corrected chi connectivity index (χ4v) is 3.11. The van der Waals surface area contributed by atoms with Gasteiger partial charge in [0.15, 0.2) is 0 Å². The molecule has 0 aliphatic carbocycles. The van der Waals surface area contributed by atoms with Crippen LogP contribution in [0, 0.1) is 0 Å². The molecule has 0 radical (unpaired) electrons. The van der Waals surface area contributed by atoms with Crippen molar-refractivity contribution >= 4 is 35.0 Å². The fourth-order valence-electron chi connectivity index (χ4n) is 2.04. The van der Waals surface area contributed by atoms with E-state index in [-0.39, 0.29) is 5.91 Å². The van der Waals surface area contributed by atoms with Gasteiger partial charge in [0.1, 0.15) is 5.03 Å². The molecule has 24 heavy (non-hydrogen) atoms. The summed E-state index contributed by atoms with van der Waals surface area (Å²) >= 11 is 7.38. The van der Waals surface area contributed by atoms with Crippen molar-refractivity contribution in [2.75, 3.05) is 5.32 Å². The lowest BCUT2D eigenvalue weighted by Gasteiger charge is -2.09. The first-order valence-electron chi connectivity index (χ1n) is 7.26. The molecule has 1 aromatic carbocycles. The number of anilines is 1. The monoisotopic (exact) mass is 355 g/mol. The van der Waals surface area contributed by atoms with Gasteiger partial charge in [-0.3, -0.25) is 9.78 Å². The number of amides is 1. The Hall–Kier alpha value is -2.37. The number of carbonyl (C=O) groups excluding carboxylic acids is 1. The molecular weight excluding hydrogens is 342 g/mol. The van der Waals surface area contributed by atoms with Crippen LogP contribution in [0.4, 0.5) is 5.69 Å². The van der Waals surface area contributed by atoms with E-state index in [4.69, 9.17) is 11.6 Å². The molecule has 1 N–H and O–H groups in total. The topological polar surface area (TPSA) is 54.9 Å². The second kappa shape index (κ2) is 7.95. The lowest BCUT2D eigenvalue weighted by atomic mass is 10.2. The van der Waals surface area contributed by atoms with Gasteiger partial charge in [0.05, 0.1) is 5.56 Å². The van der Waals surface area contributed by atoms with E-state index in [1.54, 1.807) is 55.0 Å². The van der Waals surface area contributed by atoms with E-state index in [1.807, 2.05) is 12.1 Å². The number of hydrogen-bond acceptors (Lipinski definition) is 4. The maximum absolute atomic E-state index is 12.5. The normalized spacial score (nSPS) is 10.4. The molecule has 2 heterocycles. The van der Waals surface area contributed by atoms with Gasteiger partial charge in [0.2, 0.25) is 0 Å². The first kappa shape index (κ1) is 16.5. The Balaban J connectivity index is 1.73. The average Bonchev–Trinajstić information content (AvgIpc) is 2.63. The van der Waals surface area contributed by atoms with E-state index >= 15 is 0 Å². The molecule has 0 aliphatic heterocycles. The van der Waals surface area contributed by atoms with Crippen molar-refractivity contribution in [1.82, 2.24) is 9.97 Å². The Morgan fingerprint density at radius 1 is 1.04 bits per heavy atom. The number of aromatic nitrogens is 2. The molecule has 0 aliphatic rings. The molecule has 0 bridgehead atoms. The van der Waals surface area contributed by atoms with Gasteiger partial charge in [-0.05, 0) is 54.1 Å². The Morgan fingerprint density at radius 2 is 1.79 bits per heavy atom. The summed E-state index contributed by atoms with van der Waals surface area (Å²) in [5, 5.41) is 4.19. The van der Waals surface area contributed by atoms with Crippen LogP contribution in [0.1, 0.15) is 15.9 Å². The van der Waals surface area contributed by atoms with Crippen molar-refractivity contribution in [3.63, 3.8) is 0 Å². The maximum atomic E-state index is 12.5. The van der Waals surface area contributed by atoms with E-state index in [0.717, 1.165) is 11.3 Å². The van der Waals surface area contributed by atoms with Crippen LogP contribution < -0.4 is 5.32 Å². The standard InChI is InChI=1S/C18H14ClN3OS/c19-14-3-5-15(6-4-14)22-17(23)16-2-1-9-21-18(16)24-12-13-7-10-20-11-8-13/h1-11H,12H2,(H,22,23). The third kappa shape index (κ3) is 4.34. The van der Waals surface area contributed by atoms with E-state index in [1.165, 1.54) is 11.8 Å².